The Morgan fingerprint density at radius 1 is 1.30 bits per heavy atom. The third-order valence-electron chi connectivity index (χ3n) is 4.11. The van der Waals surface area contributed by atoms with Crippen LogP contribution in [0.25, 0.3) is 0 Å². The van der Waals surface area contributed by atoms with E-state index in [1.165, 1.54) is 12.1 Å². The predicted octanol–water partition coefficient (Wildman–Crippen LogP) is 2.63. The Labute approximate surface area is 117 Å². The lowest BCUT2D eigenvalue weighted by molar-refractivity contribution is -0.141. The Balaban J connectivity index is 2.55. The van der Waals surface area contributed by atoms with E-state index in [0.29, 0.717) is 18.8 Å². The van der Waals surface area contributed by atoms with E-state index in [2.05, 4.69) is 0 Å². The summed E-state index contributed by atoms with van der Waals surface area (Å²) in [5.74, 6) is -1.99. The Morgan fingerprint density at radius 2 is 1.85 bits per heavy atom. The van der Waals surface area contributed by atoms with Gasteiger partial charge in [0.15, 0.2) is 14.6 Å². The zero-order chi connectivity index (χ0) is 15.0. The van der Waals surface area contributed by atoms with Crippen molar-refractivity contribution in [3.63, 3.8) is 0 Å². The number of hydrogen-bond donors (Lipinski definition) is 1. The number of carbonyl (C=O) groups is 1. The largest absolute Gasteiger partial charge is 0.480 e. The number of halogens is 1. The maximum Gasteiger partial charge on any atom is 0.325 e. The number of carboxylic acids is 1. The van der Waals surface area contributed by atoms with Crippen LogP contribution < -0.4 is 0 Å². The summed E-state index contributed by atoms with van der Waals surface area (Å²) in [4.78, 5) is 11.1. The highest BCUT2D eigenvalue weighted by Gasteiger charge is 2.53. The second-order valence-corrected chi connectivity index (χ2v) is 7.64. The average molecular weight is 300 g/mol. The van der Waals surface area contributed by atoms with Crippen molar-refractivity contribution in [3.8, 4) is 0 Å². The van der Waals surface area contributed by atoms with Crippen molar-refractivity contribution < 1.29 is 22.7 Å². The summed E-state index contributed by atoms with van der Waals surface area (Å²) in [5, 5.41) is 9.46. The first-order chi connectivity index (χ1) is 9.31. The summed E-state index contributed by atoms with van der Waals surface area (Å²) in [7, 11) is -4.25. The summed E-state index contributed by atoms with van der Waals surface area (Å²) in [6.07, 6.45) is 1.08. The summed E-state index contributed by atoms with van der Waals surface area (Å²) in [6.45, 7) is 1.96. The number of hydrogen-bond acceptors (Lipinski definition) is 3. The minimum atomic E-state index is -4.25. The van der Waals surface area contributed by atoms with Crippen LogP contribution in [0, 0.1) is 11.7 Å². The maximum atomic E-state index is 13.8. The molecule has 0 radical (unpaired) electrons. The van der Waals surface area contributed by atoms with Crippen LogP contribution in [0.4, 0.5) is 4.39 Å². The molecule has 0 amide bonds. The predicted molar refractivity (Wildman–Crippen MR) is 71.6 cm³/mol. The molecule has 0 unspecified atom stereocenters. The highest BCUT2D eigenvalue weighted by atomic mass is 32.2. The van der Waals surface area contributed by atoms with Gasteiger partial charge in [0.05, 0.1) is 0 Å². The molecule has 1 aliphatic rings. The molecule has 0 bridgehead atoms. The quantitative estimate of drug-likeness (QED) is 0.931. The summed E-state index contributed by atoms with van der Waals surface area (Å²) >= 11 is 0. The van der Waals surface area contributed by atoms with Gasteiger partial charge in [-0.2, -0.15) is 0 Å². The van der Waals surface area contributed by atoms with E-state index < -0.39 is 31.3 Å². The van der Waals surface area contributed by atoms with Gasteiger partial charge in [-0.1, -0.05) is 19.1 Å². The molecule has 1 fully saturated rings. The molecule has 20 heavy (non-hydrogen) atoms. The van der Waals surface area contributed by atoms with E-state index in [-0.39, 0.29) is 12.8 Å². The first-order valence-electron chi connectivity index (χ1n) is 6.54. The molecule has 0 atom stereocenters. The van der Waals surface area contributed by atoms with Crippen molar-refractivity contribution in [2.75, 3.05) is 0 Å². The molecule has 110 valence electrons. The van der Waals surface area contributed by atoms with E-state index in [0.717, 1.165) is 12.1 Å². The number of benzene rings is 1. The van der Waals surface area contributed by atoms with Gasteiger partial charge in [0, 0.05) is 0 Å². The zero-order valence-corrected chi connectivity index (χ0v) is 12.0. The highest BCUT2D eigenvalue weighted by molar-refractivity contribution is 7.93. The fourth-order valence-electron chi connectivity index (χ4n) is 2.70. The first-order valence-corrected chi connectivity index (χ1v) is 8.02. The Bertz CT molecular complexity index is 616. The summed E-state index contributed by atoms with van der Waals surface area (Å²) < 4.78 is 37.2. The highest BCUT2D eigenvalue weighted by Crippen LogP contribution is 2.41. The lowest BCUT2D eigenvalue weighted by Crippen LogP contribution is -2.49. The molecule has 0 heterocycles. The lowest BCUT2D eigenvalue weighted by Gasteiger charge is -2.35. The van der Waals surface area contributed by atoms with Crippen LogP contribution in [-0.2, 0) is 14.6 Å². The summed E-state index contributed by atoms with van der Waals surface area (Å²) in [5.41, 5.74) is 0. The van der Waals surface area contributed by atoms with Crippen molar-refractivity contribution in [1.82, 2.24) is 0 Å². The van der Waals surface area contributed by atoms with Gasteiger partial charge in [0.2, 0.25) is 0 Å². The Morgan fingerprint density at radius 3 is 2.35 bits per heavy atom. The number of carboxylic acid groups (broad SMARTS) is 1. The van der Waals surface area contributed by atoms with Gasteiger partial charge in [0.25, 0.3) is 0 Å². The van der Waals surface area contributed by atoms with Crippen molar-refractivity contribution >= 4 is 15.8 Å². The van der Waals surface area contributed by atoms with Crippen LogP contribution in [0.3, 0.4) is 0 Å². The molecule has 2 rings (SSSR count). The fourth-order valence-corrected chi connectivity index (χ4v) is 4.71. The molecule has 0 aliphatic heterocycles. The van der Waals surface area contributed by atoms with Crippen LogP contribution in [0.15, 0.2) is 29.2 Å². The number of aliphatic carboxylic acids is 1. The van der Waals surface area contributed by atoms with Crippen molar-refractivity contribution in [3.05, 3.63) is 30.1 Å². The smallest absolute Gasteiger partial charge is 0.325 e. The van der Waals surface area contributed by atoms with Gasteiger partial charge in [-0.3, -0.25) is 4.79 Å². The van der Waals surface area contributed by atoms with Gasteiger partial charge in [-0.15, -0.1) is 0 Å². The molecule has 1 aromatic rings. The molecule has 4 nitrogen and oxygen atoms in total. The third kappa shape index (κ3) is 2.22. The van der Waals surface area contributed by atoms with Crippen molar-refractivity contribution in [2.24, 2.45) is 5.92 Å². The van der Waals surface area contributed by atoms with E-state index in [4.69, 9.17) is 0 Å². The fraction of sp³-hybridized carbons (Fsp3) is 0.500. The van der Waals surface area contributed by atoms with Gasteiger partial charge in [-0.25, -0.2) is 12.8 Å². The molecular weight excluding hydrogens is 283 g/mol. The minimum absolute atomic E-state index is 0.0279. The molecule has 6 heteroatoms. The monoisotopic (exact) mass is 300 g/mol. The van der Waals surface area contributed by atoms with Crippen molar-refractivity contribution in [2.45, 2.75) is 42.2 Å². The van der Waals surface area contributed by atoms with E-state index in [9.17, 15) is 22.7 Å². The van der Waals surface area contributed by atoms with Crippen LogP contribution in [0.2, 0.25) is 0 Å². The second-order valence-electron chi connectivity index (χ2n) is 5.42. The minimum Gasteiger partial charge on any atom is -0.480 e. The standard InChI is InChI=1S/C14H17FO4S/c1-10-6-8-14(9-7-10,13(16)17)20(18,19)12-5-3-2-4-11(12)15/h2-5,10H,6-9H2,1H3,(H,16,17). The molecule has 1 N–H and O–H groups in total. The van der Waals surface area contributed by atoms with Gasteiger partial charge in [0.1, 0.15) is 10.7 Å². The molecule has 0 saturated heterocycles. The maximum absolute atomic E-state index is 13.8. The van der Waals surface area contributed by atoms with Gasteiger partial charge < -0.3 is 5.11 Å². The molecule has 1 aliphatic carbocycles. The van der Waals surface area contributed by atoms with Crippen LogP contribution >= 0.6 is 0 Å². The third-order valence-corrected chi connectivity index (χ3v) is 6.63. The molecule has 1 saturated carbocycles. The second kappa shape index (κ2) is 5.16. The summed E-state index contributed by atoms with van der Waals surface area (Å²) in [6, 6.07) is 4.95. The Kier molecular flexibility index (Phi) is 3.86. The van der Waals surface area contributed by atoms with Crippen LogP contribution in [0.5, 0.6) is 0 Å². The van der Waals surface area contributed by atoms with Crippen LogP contribution in [0.1, 0.15) is 32.6 Å². The zero-order valence-electron chi connectivity index (χ0n) is 11.2. The lowest BCUT2D eigenvalue weighted by atomic mass is 9.82. The van der Waals surface area contributed by atoms with Gasteiger partial charge >= 0.3 is 5.97 Å². The average Bonchev–Trinajstić information content (AvgIpc) is 2.39. The van der Waals surface area contributed by atoms with Gasteiger partial charge in [-0.05, 0) is 43.7 Å². The van der Waals surface area contributed by atoms with E-state index in [1.54, 1.807) is 0 Å². The van der Waals surface area contributed by atoms with E-state index >= 15 is 0 Å². The Hall–Kier alpha value is -1.43. The van der Waals surface area contributed by atoms with E-state index in [1.807, 2.05) is 6.92 Å². The molecule has 1 aromatic carbocycles. The topological polar surface area (TPSA) is 71.4 Å². The number of sulfone groups is 1. The molecule has 0 aromatic heterocycles. The number of rotatable bonds is 3. The van der Waals surface area contributed by atoms with Crippen LogP contribution in [-0.4, -0.2) is 24.2 Å². The molecular formula is C14H17FO4S. The normalized spacial score (nSPS) is 27.2. The SMILES string of the molecule is CC1CCC(C(=O)O)(S(=O)(=O)c2ccccc2F)CC1. The van der Waals surface area contributed by atoms with Crippen molar-refractivity contribution in [1.29, 1.82) is 0 Å². The molecule has 0 spiro atoms. The first kappa shape index (κ1) is 15.0.